The third-order valence-electron chi connectivity index (χ3n) is 6.47. The number of carbonyl (C=O) groups excluding carboxylic acids is 1. The third kappa shape index (κ3) is 4.96. The molecular formula is C27H27ClN2O5S. The SMILES string of the molecule is Cc1cc(S(=O)(=O)Nc2cccc(-c3cc(C)c(C(=O)NC4(C(=O)O)CC4)c(C)c3)c2)c(C)cc1Cl. The average Bonchev–Trinajstić information content (AvgIpc) is 3.56. The molecule has 1 saturated carbocycles. The molecule has 188 valence electrons. The Bertz CT molecular complexity index is 1490. The first-order valence-corrected chi connectivity index (χ1v) is 13.3. The van der Waals surface area contributed by atoms with Gasteiger partial charge in [0.15, 0.2) is 0 Å². The first-order chi connectivity index (χ1) is 16.8. The van der Waals surface area contributed by atoms with Gasteiger partial charge in [0.2, 0.25) is 0 Å². The van der Waals surface area contributed by atoms with Gasteiger partial charge in [-0.2, -0.15) is 0 Å². The number of hydrogen-bond acceptors (Lipinski definition) is 4. The number of anilines is 1. The van der Waals surface area contributed by atoms with Gasteiger partial charge >= 0.3 is 5.97 Å². The number of carbonyl (C=O) groups is 2. The van der Waals surface area contributed by atoms with Crippen LogP contribution in [-0.4, -0.2) is 30.9 Å². The Labute approximate surface area is 215 Å². The molecule has 3 N–H and O–H groups in total. The lowest BCUT2D eigenvalue weighted by molar-refractivity contribution is -0.140. The van der Waals surface area contributed by atoms with Crippen LogP contribution in [0.2, 0.25) is 5.02 Å². The van der Waals surface area contributed by atoms with Crippen molar-refractivity contribution in [3.05, 3.63) is 81.4 Å². The highest BCUT2D eigenvalue weighted by Crippen LogP contribution is 2.36. The lowest BCUT2D eigenvalue weighted by Crippen LogP contribution is -2.43. The Morgan fingerprint density at radius 2 is 1.53 bits per heavy atom. The van der Waals surface area contributed by atoms with E-state index in [0.717, 1.165) is 11.1 Å². The van der Waals surface area contributed by atoms with Crippen molar-refractivity contribution in [2.75, 3.05) is 4.72 Å². The Balaban J connectivity index is 1.62. The number of nitrogens with one attached hydrogen (secondary N) is 2. The average molecular weight is 527 g/mol. The maximum Gasteiger partial charge on any atom is 0.329 e. The van der Waals surface area contributed by atoms with Crippen LogP contribution in [0.1, 0.15) is 45.5 Å². The van der Waals surface area contributed by atoms with E-state index in [4.69, 9.17) is 11.6 Å². The monoisotopic (exact) mass is 526 g/mol. The minimum absolute atomic E-state index is 0.159. The van der Waals surface area contributed by atoms with Gasteiger partial charge < -0.3 is 10.4 Å². The van der Waals surface area contributed by atoms with E-state index in [0.29, 0.717) is 51.4 Å². The van der Waals surface area contributed by atoms with Crippen LogP contribution in [0.5, 0.6) is 0 Å². The molecular weight excluding hydrogens is 500 g/mol. The molecule has 0 bridgehead atoms. The van der Waals surface area contributed by atoms with Crippen LogP contribution in [0.3, 0.4) is 0 Å². The number of rotatable bonds is 7. The summed E-state index contributed by atoms with van der Waals surface area (Å²) in [5.41, 5.74) is 3.85. The van der Waals surface area contributed by atoms with E-state index in [-0.39, 0.29) is 4.90 Å². The molecule has 0 spiro atoms. The summed E-state index contributed by atoms with van der Waals surface area (Å²) in [6.45, 7) is 7.04. The quantitative estimate of drug-likeness (QED) is 0.382. The standard InChI is InChI=1S/C27H27ClN2O5S/c1-15-13-23(16(2)12-22(15)28)36(34,35)30-21-7-5-6-19(14-21)20-10-17(3)24(18(4)11-20)25(31)29-27(8-9-27)26(32)33/h5-7,10-14,30H,8-9H2,1-4H3,(H,29,31)(H,32,33). The lowest BCUT2D eigenvalue weighted by Gasteiger charge is -2.17. The largest absolute Gasteiger partial charge is 0.480 e. The summed E-state index contributed by atoms with van der Waals surface area (Å²) in [6.07, 6.45) is 0.837. The second-order valence-corrected chi connectivity index (χ2v) is 11.4. The molecule has 0 unspecified atom stereocenters. The number of carboxylic acids is 1. The molecule has 0 aromatic heterocycles. The van der Waals surface area contributed by atoms with Crippen molar-refractivity contribution >= 4 is 39.2 Å². The maximum absolute atomic E-state index is 13.1. The Hall–Kier alpha value is -3.36. The van der Waals surface area contributed by atoms with Gasteiger partial charge in [-0.15, -0.1) is 0 Å². The van der Waals surface area contributed by atoms with Crippen molar-refractivity contribution in [3.8, 4) is 11.1 Å². The predicted octanol–water partition coefficient (Wildman–Crippen LogP) is 5.39. The molecule has 0 atom stereocenters. The summed E-state index contributed by atoms with van der Waals surface area (Å²) in [4.78, 5) is 24.5. The summed E-state index contributed by atoms with van der Waals surface area (Å²) < 4.78 is 28.8. The minimum atomic E-state index is -3.84. The summed E-state index contributed by atoms with van der Waals surface area (Å²) >= 11 is 6.12. The van der Waals surface area contributed by atoms with Crippen molar-refractivity contribution in [2.24, 2.45) is 0 Å². The van der Waals surface area contributed by atoms with E-state index in [1.807, 2.05) is 18.2 Å². The highest BCUT2D eigenvalue weighted by Gasteiger charge is 2.51. The zero-order valence-electron chi connectivity index (χ0n) is 20.4. The van der Waals surface area contributed by atoms with E-state index in [9.17, 15) is 23.1 Å². The summed E-state index contributed by atoms with van der Waals surface area (Å²) in [5.74, 6) is -1.43. The second kappa shape index (κ2) is 9.26. The maximum atomic E-state index is 13.1. The van der Waals surface area contributed by atoms with Gasteiger partial charge in [0, 0.05) is 16.3 Å². The van der Waals surface area contributed by atoms with Crippen LogP contribution >= 0.6 is 11.6 Å². The lowest BCUT2D eigenvalue weighted by atomic mass is 9.94. The Morgan fingerprint density at radius 1 is 0.889 bits per heavy atom. The molecule has 36 heavy (non-hydrogen) atoms. The summed E-state index contributed by atoms with van der Waals surface area (Å²) in [6, 6.07) is 13.9. The summed E-state index contributed by atoms with van der Waals surface area (Å²) in [7, 11) is -3.84. The fourth-order valence-corrected chi connectivity index (χ4v) is 5.88. The van der Waals surface area contributed by atoms with Crippen molar-refractivity contribution in [2.45, 2.75) is 51.0 Å². The number of sulfonamides is 1. The molecule has 1 amide bonds. The molecule has 4 rings (SSSR count). The number of aliphatic carboxylic acids is 1. The molecule has 1 aliphatic rings. The zero-order chi connectivity index (χ0) is 26.4. The van der Waals surface area contributed by atoms with Gasteiger partial charge in [-0.05, 0) is 98.2 Å². The van der Waals surface area contributed by atoms with E-state index >= 15 is 0 Å². The summed E-state index contributed by atoms with van der Waals surface area (Å²) in [5, 5.41) is 12.6. The second-order valence-electron chi connectivity index (χ2n) is 9.38. The number of amides is 1. The van der Waals surface area contributed by atoms with E-state index in [1.54, 1.807) is 58.0 Å². The molecule has 9 heteroatoms. The minimum Gasteiger partial charge on any atom is -0.480 e. The van der Waals surface area contributed by atoms with E-state index in [1.165, 1.54) is 0 Å². The van der Waals surface area contributed by atoms with Gasteiger partial charge in [-0.3, -0.25) is 9.52 Å². The number of carboxylic acid groups (broad SMARTS) is 1. The molecule has 0 aliphatic heterocycles. The molecule has 0 saturated heterocycles. The van der Waals surface area contributed by atoms with Crippen LogP contribution in [0, 0.1) is 27.7 Å². The van der Waals surface area contributed by atoms with Crippen LogP contribution in [0.4, 0.5) is 5.69 Å². The molecule has 0 heterocycles. The first kappa shape index (κ1) is 25.7. The molecule has 7 nitrogen and oxygen atoms in total. The van der Waals surface area contributed by atoms with Gasteiger partial charge in [0.05, 0.1) is 4.90 Å². The van der Waals surface area contributed by atoms with Crippen LogP contribution in [0.25, 0.3) is 11.1 Å². The molecule has 0 radical (unpaired) electrons. The van der Waals surface area contributed by atoms with Crippen molar-refractivity contribution in [1.82, 2.24) is 5.32 Å². The van der Waals surface area contributed by atoms with Gasteiger partial charge in [-0.1, -0.05) is 35.9 Å². The highest BCUT2D eigenvalue weighted by atomic mass is 35.5. The van der Waals surface area contributed by atoms with Crippen molar-refractivity contribution in [1.29, 1.82) is 0 Å². The fraction of sp³-hybridized carbons (Fsp3) is 0.259. The first-order valence-electron chi connectivity index (χ1n) is 11.4. The molecule has 3 aromatic rings. The van der Waals surface area contributed by atoms with E-state index in [2.05, 4.69) is 10.0 Å². The van der Waals surface area contributed by atoms with Crippen LogP contribution in [-0.2, 0) is 14.8 Å². The van der Waals surface area contributed by atoms with E-state index < -0.39 is 27.4 Å². The normalized spacial score (nSPS) is 14.2. The smallest absolute Gasteiger partial charge is 0.329 e. The number of aryl methyl sites for hydroxylation is 4. The predicted molar refractivity (Wildman–Crippen MR) is 140 cm³/mol. The fourth-order valence-electron chi connectivity index (χ4n) is 4.30. The zero-order valence-corrected chi connectivity index (χ0v) is 22.0. The van der Waals surface area contributed by atoms with Gasteiger partial charge in [0.1, 0.15) is 5.54 Å². The van der Waals surface area contributed by atoms with Crippen LogP contribution < -0.4 is 10.0 Å². The number of hydrogen-bond donors (Lipinski definition) is 3. The molecule has 1 fully saturated rings. The van der Waals surface area contributed by atoms with Crippen molar-refractivity contribution in [3.63, 3.8) is 0 Å². The van der Waals surface area contributed by atoms with Crippen molar-refractivity contribution < 1.29 is 23.1 Å². The molecule has 3 aromatic carbocycles. The van der Waals surface area contributed by atoms with Crippen LogP contribution in [0.15, 0.2) is 53.4 Å². The molecule has 1 aliphatic carbocycles. The van der Waals surface area contributed by atoms with Gasteiger partial charge in [0.25, 0.3) is 15.9 Å². The Kier molecular flexibility index (Phi) is 6.62. The van der Waals surface area contributed by atoms with Gasteiger partial charge in [-0.25, -0.2) is 13.2 Å². The number of benzene rings is 3. The Morgan fingerprint density at radius 3 is 2.11 bits per heavy atom. The topological polar surface area (TPSA) is 113 Å². The number of halogens is 1. The third-order valence-corrected chi connectivity index (χ3v) is 8.40. The highest BCUT2D eigenvalue weighted by molar-refractivity contribution is 7.92.